The van der Waals surface area contributed by atoms with Crippen LogP contribution in [0.5, 0.6) is 11.5 Å². The van der Waals surface area contributed by atoms with Gasteiger partial charge in [-0.05, 0) is 35.2 Å². The van der Waals surface area contributed by atoms with Crippen molar-refractivity contribution in [3.05, 3.63) is 59.2 Å². The second-order valence-corrected chi connectivity index (χ2v) is 7.37. The molecule has 1 saturated heterocycles. The van der Waals surface area contributed by atoms with E-state index in [0.29, 0.717) is 50.8 Å². The second-order valence-electron chi connectivity index (χ2n) is 7.37. The standard InChI is InChI=1S/C23H26N2O5/c1-28-19-14-17-8-9-25(23(27)22(26)24-10-12-30-13-11-24)21(16-6-4-3-5-7-16)18(17)15-20(19)29-2/h3-7,14-15,21H,8-13H2,1-2H3. The van der Waals surface area contributed by atoms with Crippen LogP contribution in [0.2, 0.25) is 0 Å². The van der Waals surface area contributed by atoms with Gasteiger partial charge in [-0.3, -0.25) is 9.59 Å². The van der Waals surface area contributed by atoms with Gasteiger partial charge in [0, 0.05) is 19.6 Å². The molecule has 0 saturated carbocycles. The third kappa shape index (κ3) is 3.73. The van der Waals surface area contributed by atoms with Crippen molar-refractivity contribution in [3.8, 4) is 11.5 Å². The zero-order valence-electron chi connectivity index (χ0n) is 17.3. The van der Waals surface area contributed by atoms with E-state index in [1.807, 2.05) is 42.5 Å². The minimum absolute atomic E-state index is 0.368. The Hall–Kier alpha value is -3.06. The van der Waals surface area contributed by atoms with E-state index < -0.39 is 11.8 Å². The summed E-state index contributed by atoms with van der Waals surface area (Å²) >= 11 is 0. The number of fused-ring (bicyclic) bond motifs is 1. The molecule has 1 atom stereocenters. The first-order valence-corrected chi connectivity index (χ1v) is 10.1. The molecule has 2 aliphatic rings. The van der Waals surface area contributed by atoms with Crippen molar-refractivity contribution in [2.24, 2.45) is 0 Å². The van der Waals surface area contributed by atoms with Crippen LogP contribution in [-0.2, 0) is 20.7 Å². The Morgan fingerprint density at radius 3 is 2.27 bits per heavy atom. The maximum Gasteiger partial charge on any atom is 0.312 e. The predicted octanol–water partition coefficient (Wildman–Crippen LogP) is 2.04. The molecule has 7 nitrogen and oxygen atoms in total. The van der Waals surface area contributed by atoms with Crippen molar-refractivity contribution < 1.29 is 23.8 Å². The van der Waals surface area contributed by atoms with E-state index in [1.165, 1.54) is 0 Å². The van der Waals surface area contributed by atoms with Crippen LogP contribution >= 0.6 is 0 Å². The lowest BCUT2D eigenvalue weighted by molar-refractivity contribution is -0.155. The number of morpholine rings is 1. The van der Waals surface area contributed by atoms with Crippen LogP contribution in [-0.4, -0.2) is 68.7 Å². The number of carbonyl (C=O) groups is 2. The van der Waals surface area contributed by atoms with Crippen molar-refractivity contribution in [1.82, 2.24) is 9.80 Å². The fraction of sp³-hybridized carbons (Fsp3) is 0.391. The van der Waals surface area contributed by atoms with Gasteiger partial charge >= 0.3 is 11.8 Å². The Kier molecular flexibility index (Phi) is 5.90. The Labute approximate surface area is 176 Å². The molecule has 0 N–H and O–H groups in total. The molecule has 2 aliphatic heterocycles. The first-order valence-electron chi connectivity index (χ1n) is 10.1. The lowest BCUT2D eigenvalue weighted by atomic mass is 9.87. The van der Waals surface area contributed by atoms with E-state index in [4.69, 9.17) is 14.2 Å². The third-order valence-electron chi connectivity index (χ3n) is 5.73. The quantitative estimate of drug-likeness (QED) is 0.725. The maximum absolute atomic E-state index is 13.3. The summed E-state index contributed by atoms with van der Waals surface area (Å²) in [6.07, 6.45) is 0.640. The van der Waals surface area contributed by atoms with Crippen LogP contribution in [0.4, 0.5) is 0 Å². The zero-order valence-corrected chi connectivity index (χ0v) is 17.3. The molecule has 2 amide bonds. The number of rotatable bonds is 3. The first-order chi connectivity index (χ1) is 14.6. The minimum Gasteiger partial charge on any atom is -0.493 e. The number of hydrogen-bond acceptors (Lipinski definition) is 5. The van der Waals surface area contributed by atoms with Crippen LogP contribution in [0.25, 0.3) is 0 Å². The van der Waals surface area contributed by atoms with E-state index >= 15 is 0 Å². The molecule has 158 valence electrons. The number of benzene rings is 2. The Morgan fingerprint density at radius 2 is 1.60 bits per heavy atom. The SMILES string of the molecule is COc1cc2c(cc1OC)C(c1ccccc1)N(C(=O)C(=O)N1CCOCC1)CC2. The summed E-state index contributed by atoms with van der Waals surface area (Å²) < 4.78 is 16.3. The van der Waals surface area contributed by atoms with Crippen LogP contribution in [0.3, 0.4) is 0 Å². The van der Waals surface area contributed by atoms with Crippen molar-refractivity contribution >= 4 is 11.8 Å². The smallest absolute Gasteiger partial charge is 0.312 e. The van der Waals surface area contributed by atoms with Crippen molar-refractivity contribution in [3.63, 3.8) is 0 Å². The molecule has 2 aromatic carbocycles. The number of hydrogen-bond donors (Lipinski definition) is 0. The summed E-state index contributed by atoms with van der Waals surface area (Å²) in [6, 6.07) is 13.3. The lowest BCUT2D eigenvalue weighted by Gasteiger charge is -2.39. The molecule has 0 aliphatic carbocycles. The van der Waals surface area contributed by atoms with E-state index in [9.17, 15) is 9.59 Å². The molecule has 7 heteroatoms. The fourth-order valence-corrected chi connectivity index (χ4v) is 4.18. The largest absolute Gasteiger partial charge is 0.493 e. The number of nitrogens with zero attached hydrogens (tertiary/aromatic N) is 2. The van der Waals surface area contributed by atoms with Gasteiger partial charge in [-0.15, -0.1) is 0 Å². The summed E-state index contributed by atoms with van der Waals surface area (Å²) in [7, 11) is 3.20. The summed E-state index contributed by atoms with van der Waals surface area (Å²) in [5.74, 6) is 0.313. The van der Waals surface area contributed by atoms with Gasteiger partial charge in [0.05, 0.1) is 33.5 Å². The topological polar surface area (TPSA) is 68.3 Å². The number of amides is 2. The minimum atomic E-state index is -0.480. The normalized spacial score (nSPS) is 18.5. The van der Waals surface area contributed by atoms with Gasteiger partial charge in [0.1, 0.15) is 0 Å². The molecule has 2 heterocycles. The highest BCUT2D eigenvalue weighted by Crippen LogP contribution is 2.41. The highest BCUT2D eigenvalue weighted by Gasteiger charge is 2.37. The predicted molar refractivity (Wildman–Crippen MR) is 111 cm³/mol. The fourth-order valence-electron chi connectivity index (χ4n) is 4.18. The molecule has 1 fully saturated rings. The molecule has 0 bridgehead atoms. The van der Waals surface area contributed by atoms with Crippen molar-refractivity contribution in [2.45, 2.75) is 12.5 Å². The van der Waals surface area contributed by atoms with Gasteiger partial charge in [-0.2, -0.15) is 0 Å². The van der Waals surface area contributed by atoms with Gasteiger partial charge in [0.25, 0.3) is 0 Å². The van der Waals surface area contributed by atoms with Crippen LogP contribution in [0.15, 0.2) is 42.5 Å². The van der Waals surface area contributed by atoms with Crippen molar-refractivity contribution in [2.75, 3.05) is 47.1 Å². The Bertz CT molecular complexity index is 925. The van der Waals surface area contributed by atoms with Crippen molar-refractivity contribution in [1.29, 1.82) is 0 Å². The van der Waals surface area contributed by atoms with Crippen LogP contribution in [0, 0.1) is 0 Å². The van der Waals surface area contributed by atoms with E-state index in [2.05, 4.69) is 0 Å². The molecule has 0 aromatic heterocycles. The van der Waals surface area contributed by atoms with Gasteiger partial charge in [0.2, 0.25) is 0 Å². The van der Waals surface area contributed by atoms with Crippen LogP contribution in [0.1, 0.15) is 22.7 Å². The van der Waals surface area contributed by atoms with Gasteiger partial charge in [-0.25, -0.2) is 0 Å². The number of ether oxygens (including phenoxy) is 3. The molecule has 1 unspecified atom stereocenters. The molecule has 0 radical (unpaired) electrons. The van der Waals surface area contributed by atoms with E-state index in [0.717, 1.165) is 16.7 Å². The average Bonchev–Trinajstić information content (AvgIpc) is 2.82. The highest BCUT2D eigenvalue weighted by molar-refractivity contribution is 6.35. The van der Waals surface area contributed by atoms with Crippen LogP contribution < -0.4 is 9.47 Å². The summed E-state index contributed by atoms with van der Waals surface area (Å²) in [5, 5.41) is 0. The molecule has 0 spiro atoms. The molecule has 30 heavy (non-hydrogen) atoms. The van der Waals surface area contributed by atoms with Gasteiger partial charge < -0.3 is 24.0 Å². The molecule has 4 rings (SSSR count). The second kappa shape index (κ2) is 8.75. The molecule has 2 aromatic rings. The maximum atomic E-state index is 13.3. The van der Waals surface area contributed by atoms with Gasteiger partial charge in [-0.1, -0.05) is 30.3 Å². The number of carbonyl (C=O) groups excluding carboxylic acids is 2. The lowest BCUT2D eigenvalue weighted by Crippen LogP contribution is -2.51. The highest BCUT2D eigenvalue weighted by atomic mass is 16.5. The molecular weight excluding hydrogens is 384 g/mol. The third-order valence-corrected chi connectivity index (χ3v) is 5.73. The zero-order chi connectivity index (χ0) is 21.1. The Balaban J connectivity index is 1.74. The first kappa shape index (κ1) is 20.2. The molecular formula is C23H26N2O5. The monoisotopic (exact) mass is 410 g/mol. The summed E-state index contributed by atoms with van der Waals surface area (Å²) in [6.45, 7) is 2.25. The summed E-state index contributed by atoms with van der Waals surface area (Å²) in [5.41, 5.74) is 2.99. The average molecular weight is 410 g/mol. The Morgan fingerprint density at radius 1 is 0.933 bits per heavy atom. The number of methoxy groups -OCH3 is 2. The van der Waals surface area contributed by atoms with E-state index in [1.54, 1.807) is 24.0 Å². The van der Waals surface area contributed by atoms with E-state index in [-0.39, 0.29) is 6.04 Å². The summed E-state index contributed by atoms with van der Waals surface area (Å²) in [4.78, 5) is 29.5. The van der Waals surface area contributed by atoms with Gasteiger partial charge in [0.15, 0.2) is 11.5 Å².